The summed E-state index contributed by atoms with van der Waals surface area (Å²) in [6, 6.07) is 9.75. The highest BCUT2D eigenvalue weighted by Crippen LogP contribution is 2.31. The molecule has 0 bridgehead atoms. The van der Waals surface area contributed by atoms with Crippen LogP contribution in [0.25, 0.3) is 0 Å². The molecule has 0 radical (unpaired) electrons. The third-order valence-corrected chi connectivity index (χ3v) is 3.08. The summed E-state index contributed by atoms with van der Waals surface area (Å²) >= 11 is 5.82. The molecule has 1 unspecified atom stereocenters. The fourth-order valence-electron chi connectivity index (χ4n) is 1.74. The lowest BCUT2D eigenvalue weighted by Crippen LogP contribution is -2.07. The Hall–Kier alpha value is -1.58. The van der Waals surface area contributed by atoms with Crippen molar-refractivity contribution in [3.63, 3.8) is 0 Å². The van der Waals surface area contributed by atoms with Crippen LogP contribution in [0.5, 0.6) is 11.5 Å². The van der Waals surface area contributed by atoms with Gasteiger partial charge in [0.25, 0.3) is 0 Å². The van der Waals surface area contributed by atoms with Crippen LogP contribution in [0.2, 0.25) is 5.02 Å². The van der Waals surface area contributed by atoms with Crippen LogP contribution in [0, 0.1) is 12.7 Å². The van der Waals surface area contributed by atoms with Crippen molar-refractivity contribution in [2.75, 3.05) is 0 Å². The Balaban J connectivity index is 2.38. The van der Waals surface area contributed by atoms with Crippen LogP contribution in [-0.4, -0.2) is 0 Å². The lowest BCUT2D eigenvalue weighted by atomic mass is 10.1. The predicted molar refractivity (Wildman–Crippen MR) is 75.3 cm³/mol. The molecule has 19 heavy (non-hydrogen) atoms. The summed E-state index contributed by atoms with van der Waals surface area (Å²) in [6.45, 7) is 3.48. The van der Waals surface area contributed by atoms with Gasteiger partial charge < -0.3 is 10.5 Å². The Morgan fingerprint density at radius 3 is 2.42 bits per heavy atom. The number of ether oxygens (including phenoxy) is 1. The van der Waals surface area contributed by atoms with Gasteiger partial charge in [-0.25, -0.2) is 4.39 Å². The van der Waals surface area contributed by atoms with Gasteiger partial charge in [0.05, 0.1) is 0 Å². The summed E-state index contributed by atoms with van der Waals surface area (Å²) in [5, 5.41) is 0.634. The van der Waals surface area contributed by atoms with Crippen molar-refractivity contribution in [1.82, 2.24) is 0 Å². The lowest BCUT2D eigenvalue weighted by Gasteiger charge is -2.15. The van der Waals surface area contributed by atoms with Crippen molar-refractivity contribution in [2.45, 2.75) is 19.9 Å². The van der Waals surface area contributed by atoms with Crippen LogP contribution in [0.3, 0.4) is 0 Å². The predicted octanol–water partition coefficient (Wildman–Crippen LogP) is 4.60. The molecule has 0 saturated heterocycles. The highest BCUT2D eigenvalue weighted by atomic mass is 35.5. The van der Waals surface area contributed by atoms with Crippen molar-refractivity contribution in [1.29, 1.82) is 0 Å². The average Bonchev–Trinajstić information content (AvgIpc) is 2.36. The number of halogens is 2. The van der Waals surface area contributed by atoms with Gasteiger partial charge in [-0.2, -0.15) is 0 Å². The molecule has 0 aromatic heterocycles. The van der Waals surface area contributed by atoms with Crippen LogP contribution in [0.15, 0.2) is 36.4 Å². The number of rotatable bonds is 3. The van der Waals surface area contributed by atoms with E-state index in [4.69, 9.17) is 22.1 Å². The van der Waals surface area contributed by atoms with Crippen LogP contribution in [0.4, 0.5) is 4.39 Å². The zero-order valence-electron chi connectivity index (χ0n) is 10.8. The zero-order valence-corrected chi connectivity index (χ0v) is 11.5. The second-order valence-electron chi connectivity index (χ2n) is 4.48. The molecule has 1 atom stereocenters. The van der Waals surface area contributed by atoms with E-state index in [0.717, 1.165) is 0 Å². The van der Waals surface area contributed by atoms with E-state index in [1.165, 1.54) is 6.07 Å². The van der Waals surface area contributed by atoms with E-state index in [9.17, 15) is 4.39 Å². The minimum absolute atomic E-state index is 0.282. The fraction of sp³-hybridized carbons (Fsp3) is 0.200. The monoisotopic (exact) mass is 279 g/mol. The first-order valence-electron chi connectivity index (χ1n) is 5.96. The number of hydrogen-bond donors (Lipinski definition) is 1. The third kappa shape index (κ3) is 3.25. The first kappa shape index (κ1) is 13.8. The second kappa shape index (κ2) is 5.59. The summed E-state index contributed by atoms with van der Waals surface area (Å²) in [7, 11) is 0. The number of nitrogens with two attached hydrogens (primary N) is 1. The maximum Gasteiger partial charge on any atom is 0.132 e. The van der Waals surface area contributed by atoms with Gasteiger partial charge in [0.15, 0.2) is 0 Å². The molecule has 2 rings (SSSR count). The Labute approximate surface area is 117 Å². The molecule has 0 spiro atoms. The summed E-state index contributed by atoms with van der Waals surface area (Å²) in [6.07, 6.45) is 0. The van der Waals surface area contributed by atoms with E-state index in [1.807, 2.05) is 0 Å². The Morgan fingerprint density at radius 2 is 1.84 bits per heavy atom. The minimum atomic E-state index is -0.308. The van der Waals surface area contributed by atoms with Crippen molar-refractivity contribution >= 4 is 11.6 Å². The zero-order chi connectivity index (χ0) is 14.0. The maximum absolute atomic E-state index is 13.6. The van der Waals surface area contributed by atoms with E-state index in [2.05, 4.69) is 0 Å². The number of benzene rings is 2. The highest BCUT2D eigenvalue weighted by Gasteiger charge is 2.12. The Morgan fingerprint density at radius 1 is 1.21 bits per heavy atom. The largest absolute Gasteiger partial charge is 0.457 e. The van der Waals surface area contributed by atoms with Gasteiger partial charge in [0.1, 0.15) is 17.3 Å². The molecule has 2 aromatic rings. The van der Waals surface area contributed by atoms with E-state index in [-0.39, 0.29) is 11.9 Å². The molecule has 0 fully saturated rings. The van der Waals surface area contributed by atoms with Gasteiger partial charge in [0.2, 0.25) is 0 Å². The van der Waals surface area contributed by atoms with Gasteiger partial charge in [-0.15, -0.1) is 0 Å². The molecule has 0 amide bonds. The molecular formula is C15H15ClFNO. The first-order valence-corrected chi connectivity index (χ1v) is 6.34. The molecule has 0 aliphatic heterocycles. The molecule has 100 valence electrons. The maximum atomic E-state index is 13.6. The Kier molecular flexibility index (Phi) is 4.08. The van der Waals surface area contributed by atoms with E-state index in [1.54, 1.807) is 44.2 Å². The average molecular weight is 280 g/mol. The smallest absolute Gasteiger partial charge is 0.132 e. The minimum Gasteiger partial charge on any atom is -0.457 e. The molecule has 0 aliphatic carbocycles. The molecule has 2 N–H and O–H groups in total. The van der Waals surface area contributed by atoms with Crippen LogP contribution < -0.4 is 10.5 Å². The van der Waals surface area contributed by atoms with Gasteiger partial charge in [-0.05, 0) is 55.8 Å². The van der Waals surface area contributed by atoms with Crippen molar-refractivity contribution in [3.8, 4) is 11.5 Å². The van der Waals surface area contributed by atoms with Gasteiger partial charge >= 0.3 is 0 Å². The van der Waals surface area contributed by atoms with Gasteiger partial charge in [-0.1, -0.05) is 11.6 Å². The summed E-state index contributed by atoms with van der Waals surface area (Å²) in [5.41, 5.74) is 7.00. The molecular weight excluding hydrogens is 265 g/mol. The lowest BCUT2D eigenvalue weighted by molar-refractivity contribution is 0.468. The summed E-state index contributed by atoms with van der Waals surface area (Å²) < 4.78 is 19.3. The molecule has 0 heterocycles. The van der Waals surface area contributed by atoms with E-state index < -0.39 is 0 Å². The van der Waals surface area contributed by atoms with Gasteiger partial charge in [-0.3, -0.25) is 0 Å². The SMILES string of the molecule is Cc1cc(Oc2ccc(Cl)cc2)c(C(C)N)cc1F. The summed E-state index contributed by atoms with van der Waals surface area (Å²) in [5.74, 6) is 0.921. The first-order chi connectivity index (χ1) is 8.97. The second-order valence-corrected chi connectivity index (χ2v) is 4.92. The fourth-order valence-corrected chi connectivity index (χ4v) is 1.87. The van der Waals surface area contributed by atoms with Crippen molar-refractivity contribution in [2.24, 2.45) is 5.73 Å². The number of aryl methyl sites for hydroxylation is 1. The molecule has 0 aliphatic rings. The van der Waals surface area contributed by atoms with Crippen molar-refractivity contribution < 1.29 is 9.13 Å². The molecule has 4 heteroatoms. The molecule has 2 nitrogen and oxygen atoms in total. The van der Waals surface area contributed by atoms with Crippen molar-refractivity contribution in [3.05, 3.63) is 58.4 Å². The molecule has 0 saturated carbocycles. The standard InChI is InChI=1S/C15H15ClFNO/c1-9-7-15(13(10(2)18)8-14(9)17)19-12-5-3-11(16)4-6-12/h3-8,10H,18H2,1-2H3. The van der Waals surface area contributed by atoms with E-state index >= 15 is 0 Å². The normalized spacial score (nSPS) is 12.3. The highest BCUT2D eigenvalue weighted by molar-refractivity contribution is 6.30. The topological polar surface area (TPSA) is 35.2 Å². The van der Waals surface area contributed by atoms with Crippen LogP contribution in [-0.2, 0) is 0 Å². The van der Waals surface area contributed by atoms with E-state index in [0.29, 0.717) is 27.6 Å². The number of hydrogen-bond acceptors (Lipinski definition) is 2. The Bertz CT molecular complexity index is 581. The third-order valence-electron chi connectivity index (χ3n) is 2.82. The van der Waals surface area contributed by atoms with Crippen LogP contribution >= 0.6 is 11.6 Å². The van der Waals surface area contributed by atoms with Crippen LogP contribution in [0.1, 0.15) is 24.1 Å². The quantitative estimate of drug-likeness (QED) is 0.891. The van der Waals surface area contributed by atoms with Gasteiger partial charge in [0, 0.05) is 16.6 Å². The summed E-state index contributed by atoms with van der Waals surface area (Å²) in [4.78, 5) is 0. The molecule has 2 aromatic carbocycles.